The van der Waals surface area contributed by atoms with E-state index in [0.29, 0.717) is 6.04 Å². The maximum absolute atomic E-state index is 5.97. The highest BCUT2D eigenvalue weighted by molar-refractivity contribution is 6.30. The second-order valence-corrected chi connectivity index (χ2v) is 6.40. The van der Waals surface area contributed by atoms with Crippen LogP contribution in [0.25, 0.3) is 0 Å². The summed E-state index contributed by atoms with van der Waals surface area (Å²) in [4.78, 5) is 0. The Morgan fingerprint density at radius 3 is 2.21 bits per heavy atom. The summed E-state index contributed by atoms with van der Waals surface area (Å²) < 4.78 is 5.97. The van der Waals surface area contributed by atoms with E-state index < -0.39 is 0 Å². The summed E-state index contributed by atoms with van der Waals surface area (Å²) in [6.45, 7) is 9.45. The third-order valence-corrected chi connectivity index (χ3v) is 3.56. The zero-order chi connectivity index (χ0) is 14.5. The highest BCUT2D eigenvalue weighted by atomic mass is 35.5. The molecule has 0 saturated heterocycles. The molecule has 0 radical (unpaired) electrons. The Morgan fingerprint density at radius 1 is 1.21 bits per heavy atom. The van der Waals surface area contributed by atoms with Crippen LogP contribution in [0.2, 0.25) is 5.02 Å². The molecule has 0 aliphatic heterocycles. The van der Waals surface area contributed by atoms with Gasteiger partial charge in [-0.25, -0.2) is 0 Å². The summed E-state index contributed by atoms with van der Waals surface area (Å²) in [6.07, 6.45) is 1.12. The van der Waals surface area contributed by atoms with Gasteiger partial charge < -0.3 is 10.1 Å². The summed E-state index contributed by atoms with van der Waals surface area (Å²) in [6, 6.07) is 8.34. The fourth-order valence-corrected chi connectivity index (χ4v) is 2.51. The minimum Gasteiger partial charge on any atom is -0.376 e. The third-order valence-electron chi connectivity index (χ3n) is 3.30. The molecule has 0 fully saturated rings. The number of nitrogens with one attached hydrogen (secondary N) is 1. The van der Waals surface area contributed by atoms with Gasteiger partial charge >= 0.3 is 0 Å². The monoisotopic (exact) mass is 283 g/mol. The van der Waals surface area contributed by atoms with E-state index >= 15 is 0 Å². The van der Waals surface area contributed by atoms with E-state index in [1.54, 1.807) is 0 Å². The summed E-state index contributed by atoms with van der Waals surface area (Å²) >= 11 is 5.93. The first-order chi connectivity index (χ1) is 8.88. The maximum atomic E-state index is 5.97. The van der Waals surface area contributed by atoms with E-state index in [0.717, 1.165) is 18.1 Å². The topological polar surface area (TPSA) is 21.3 Å². The highest BCUT2D eigenvalue weighted by Crippen LogP contribution is 2.26. The van der Waals surface area contributed by atoms with Crippen molar-refractivity contribution in [1.82, 2.24) is 5.32 Å². The van der Waals surface area contributed by atoms with E-state index in [4.69, 9.17) is 16.3 Å². The Balaban J connectivity index is 2.82. The number of benzene rings is 1. The van der Waals surface area contributed by atoms with Crippen LogP contribution >= 0.6 is 11.6 Å². The normalized spacial score (nSPS) is 15.3. The highest BCUT2D eigenvalue weighted by Gasteiger charge is 2.32. The van der Waals surface area contributed by atoms with Gasteiger partial charge in [0, 0.05) is 17.7 Å². The summed E-state index contributed by atoms with van der Waals surface area (Å²) in [5, 5.41) is 4.18. The molecule has 0 saturated carbocycles. The fraction of sp³-hybridized carbons (Fsp3) is 0.625. The number of rotatable bonds is 6. The van der Waals surface area contributed by atoms with Crippen LogP contribution in [0.4, 0.5) is 0 Å². The molecule has 0 heterocycles. The van der Waals surface area contributed by atoms with E-state index in [1.165, 1.54) is 5.56 Å². The van der Waals surface area contributed by atoms with E-state index in [2.05, 4.69) is 38.2 Å². The number of halogens is 1. The van der Waals surface area contributed by atoms with Crippen molar-refractivity contribution in [3.8, 4) is 0 Å². The Hall–Kier alpha value is -0.570. The first kappa shape index (κ1) is 16.5. The predicted molar refractivity (Wildman–Crippen MR) is 82.9 cm³/mol. The lowest BCUT2D eigenvalue weighted by molar-refractivity contribution is -0.0340. The molecule has 0 bridgehead atoms. The molecule has 19 heavy (non-hydrogen) atoms. The van der Waals surface area contributed by atoms with Crippen LogP contribution in [0.3, 0.4) is 0 Å². The van der Waals surface area contributed by atoms with Crippen LogP contribution in [0.1, 0.15) is 33.3 Å². The molecule has 1 N–H and O–H groups in total. The summed E-state index contributed by atoms with van der Waals surface area (Å²) in [7, 11) is 2.00. The van der Waals surface area contributed by atoms with Crippen molar-refractivity contribution in [2.45, 2.75) is 46.3 Å². The molecule has 2 atom stereocenters. The van der Waals surface area contributed by atoms with Crippen molar-refractivity contribution in [3.63, 3.8) is 0 Å². The quantitative estimate of drug-likeness (QED) is 0.854. The lowest BCUT2D eigenvalue weighted by Crippen LogP contribution is -2.48. The molecule has 1 rings (SSSR count). The van der Waals surface area contributed by atoms with Gasteiger partial charge in [-0.15, -0.1) is 0 Å². The van der Waals surface area contributed by atoms with Gasteiger partial charge in [0.25, 0.3) is 0 Å². The number of ether oxygens (including phenoxy) is 1. The van der Waals surface area contributed by atoms with Crippen LogP contribution in [0.5, 0.6) is 0 Å². The van der Waals surface area contributed by atoms with Gasteiger partial charge in [0.05, 0.1) is 6.10 Å². The molecule has 0 spiro atoms. The minimum atomic E-state index is 0.107. The Bertz CT molecular complexity index is 369. The van der Waals surface area contributed by atoms with Crippen LogP contribution in [0.15, 0.2) is 24.3 Å². The second kappa shape index (κ2) is 7.28. The first-order valence-corrected chi connectivity index (χ1v) is 7.29. The van der Waals surface area contributed by atoms with Gasteiger partial charge in [-0.2, -0.15) is 0 Å². The number of hydrogen-bond acceptors (Lipinski definition) is 2. The van der Waals surface area contributed by atoms with Gasteiger partial charge in [0.1, 0.15) is 0 Å². The Morgan fingerprint density at radius 2 is 1.79 bits per heavy atom. The molecule has 108 valence electrons. The Labute approximate surface area is 122 Å². The third kappa shape index (κ3) is 5.13. The molecular formula is C16H26ClNO. The van der Waals surface area contributed by atoms with Crippen molar-refractivity contribution >= 4 is 11.6 Å². The van der Waals surface area contributed by atoms with Gasteiger partial charge in [0.2, 0.25) is 0 Å². The van der Waals surface area contributed by atoms with Crippen LogP contribution in [0, 0.1) is 5.41 Å². The second-order valence-electron chi connectivity index (χ2n) is 5.97. The van der Waals surface area contributed by atoms with Crippen molar-refractivity contribution in [2.75, 3.05) is 13.7 Å². The van der Waals surface area contributed by atoms with Crippen molar-refractivity contribution in [2.24, 2.45) is 5.41 Å². The van der Waals surface area contributed by atoms with Gasteiger partial charge in [-0.3, -0.25) is 0 Å². The fourth-order valence-electron chi connectivity index (χ4n) is 2.38. The molecule has 0 amide bonds. The largest absolute Gasteiger partial charge is 0.376 e. The van der Waals surface area contributed by atoms with Crippen molar-refractivity contribution < 1.29 is 4.74 Å². The standard InChI is InChI=1S/C16H26ClNO/c1-6-19-15(16(2,3)4)14(18-5)11-12-7-9-13(17)10-8-12/h7-10,14-15,18H,6,11H2,1-5H3. The molecular weight excluding hydrogens is 258 g/mol. The lowest BCUT2D eigenvalue weighted by atomic mass is 9.82. The first-order valence-electron chi connectivity index (χ1n) is 6.91. The molecule has 0 aliphatic carbocycles. The SMILES string of the molecule is CCOC(C(Cc1ccc(Cl)cc1)NC)C(C)(C)C. The van der Waals surface area contributed by atoms with Gasteiger partial charge in [-0.1, -0.05) is 44.5 Å². The predicted octanol–water partition coefficient (Wildman–Crippen LogP) is 3.92. The zero-order valence-corrected chi connectivity index (χ0v) is 13.4. The summed E-state index contributed by atoms with van der Waals surface area (Å²) in [5.41, 5.74) is 1.38. The smallest absolute Gasteiger partial charge is 0.0779 e. The molecule has 3 heteroatoms. The van der Waals surface area contributed by atoms with E-state index in [9.17, 15) is 0 Å². The maximum Gasteiger partial charge on any atom is 0.0779 e. The van der Waals surface area contributed by atoms with E-state index in [-0.39, 0.29) is 11.5 Å². The molecule has 1 aromatic carbocycles. The minimum absolute atomic E-state index is 0.107. The zero-order valence-electron chi connectivity index (χ0n) is 12.7. The molecule has 0 aromatic heterocycles. The van der Waals surface area contributed by atoms with Gasteiger partial charge in [-0.05, 0) is 43.5 Å². The van der Waals surface area contributed by atoms with E-state index in [1.807, 2.05) is 26.1 Å². The lowest BCUT2D eigenvalue weighted by Gasteiger charge is -2.36. The molecule has 2 unspecified atom stereocenters. The summed E-state index contributed by atoms with van der Waals surface area (Å²) in [5.74, 6) is 0. The van der Waals surface area contributed by atoms with Crippen LogP contribution in [-0.2, 0) is 11.2 Å². The average Bonchev–Trinajstić information content (AvgIpc) is 2.34. The number of hydrogen-bond donors (Lipinski definition) is 1. The molecule has 2 nitrogen and oxygen atoms in total. The number of likely N-dealkylation sites (N-methyl/N-ethyl adjacent to an activating group) is 1. The van der Waals surface area contributed by atoms with Crippen molar-refractivity contribution in [1.29, 1.82) is 0 Å². The average molecular weight is 284 g/mol. The van der Waals surface area contributed by atoms with Crippen LogP contribution in [-0.4, -0.2) is 25.8 Å². The molecule has 0 aliphatic rings. The molecule has 1 aromatic rings. The van der Waals surface area contributed by atoms with Gasteiger partial charge in [0.15, 0.2) is 0 Å². The Kier molecular flexibility index (Phi) is 6.31. The van der Waals surface area contributed by atoms with Crippen molar-refractivity contribution in [3.05, 3.63) is 34.9 Å². The van der Waals surface area contributed by atoms with Crippen LogP contribution < -0.4 is 5.32 Å².